The quantitative estimate of drug-likeness (QED) is 0.912. The molecule has 20 heavy (non-hydrogen) atoms. The van der Waals surface area contributed by atoms with Crippen molar-refractivity contribution in [3.05, 3.63) is 35.9 Å². The summed E-state index contributed by atoms with van der Waals surface area (Å²) in [5.41, 5.74) is 1.16. The van der Waals surface area contributed by atoms with Gasteiger partial charge in [0.25, 0.3) is 0 Å². The van der Waals surface area contributed by atoms with Gasteiger partial charge in [-0.05, 0) is 31.2 Å². The number of hydrogen-bond acceptors (Lipinski definition) is 3. The van der Waals surface area contributed by atoms with Crippen molar-refractivity contribution in [2.75, 3.05) is 19.8 Å². The van der Waals surface area contributed by atoms with E-state index >= 15 is 0 Å². The van der Waals surface area contributed by atoms with E-state index in [1.165, 1.54) is 0 Å². The zero-order valence-electron chi connectivity index (χ0n) is 11.9. The maximum absolute atomic E-state index is 12.3. The second-order valence-electron chi connectivity index (χ2n) is 5.75. The van der Waals surface area contributed by atoms with Crippen molar-refractivity contribution in [2.45, 2.75) is 32.0 Å². The first kappa shape index (κ1) is 13.6. The highest BCUT2D eigenvalue weighted by Gasteiger charge is 2.37. The number of carbonyl (C=O) groups excluding carboxylic acids is 1. The number of nitrogens with zero attached hydrogens (tertiary/aromatic N) is 1. The van der Waals surface area contributed by atoms with Gasteiger partial charge in [0.2, 0.25) is 5.91 Å². The third-order valence-electron chi connectivity index (χ3n) is 4.29. The number of ether oxygens (including phenoxy) is 1. The van der Waals surface area contributed by atoms with Crippen molar-refractivity contribution in [3.63, 3.8) is 0 Å². The summed E-state index contributed by atoms with van der Waals surface area (Å²) in [5, 5.41) is 3.39. The van der Waals surface area contributed by atoms with Crippen molar-refractivity contribution < 1.29 is 9.53 Å². The van der Waals surface area contributed by atoms with Crippen LogP contribution in [-0.4, -0.2) is 36.6 Å². The fourth-order valence-electron chi connectivity index (χ4n) is 3.06. The summed E-state index contributed by atoms with van der Waals surface area (Å²) in [5.74, 6) is 0.813. The monoisotopic (exact) mass is 274 g/mol. The summed E-state index contributed by atoms with van der Waals surface area (Å²) >= 11 is 0. The van der Waals surface area contributed by atoms with Crippen LogP contribution < -0.4 is 5.32 Å². The van der Waals surface area contributed by atoms with Crippen molar-refractivity contribution in [3.8, 4) is 0 Å². The van der Waals surface area contributed by atoms with Crippen LogP contribution in [0, 0.1) is 5.92 Å². The van der Waals surface area contributed by atoms with Gasteiger partial charge in [0.05, 0.1) is 6.04 Å². The Hall–Kier alpha value is -1.39. The largest absolute Gasteiger partial charge is 0.381 e. The van der Waals surface area contributed by atoms with Crippen LogP contribution in [0.5, 0.6) is 0 Å². The van der Waals surface area contributed by atoms with Crippen molar-refractivity contribution in [1.29, 1.82) is 0 Å². The van der Waals surface area contributed by atoms with Crippen LogP contribution in [-0.2, 0) is 9.53 Å². The molecule has 0 saturated carbocycles. The Morgan fingerprint density at radius 2 is 2.15 bits per heavy atom. The highest BCUT2D eigenvalue weighted by molar-refractivity contribution is 5.84. The molecule has 1 N–H and O–H groups in total. The highest BCUT2D eigenvalue weighted by Crippen LogP contribution is 2.27. The van der Waals surface area contributed by atoms with Crippen LogP contribution in [0.3, 0.4) is 0 Å². The molecule has 4 heteroatoms. The van der Waals surface area contributed by atoms with E-state index in [0.29, 0.717) is 5.92 Å². The van der Waals surface area contributed by atoms with Gasteiger partial charge in [-0.2, -0.15) is 0 Å². The molecule has 3 rings (SSSR count). The van der Waals surface area contributed by atoms with Gasteiger partial charge in [-0.1, -0.05) is 30.3 Å². The normalized spacial score (nSPS) is 30.1. The van der Waals surface area contributed by atoms with Crippen LogP contribution in [0.25, 0.3) is 0 Å². The fourth-order valence-corrected chi connectivity index (χ4v) is 3.06. The summed E-state index contributed by atoms with van der Waals surface area (Å²) in [6.07, 6.45) is 2.17. The van der Waals surface area contributed by atoms with Gasteiger partial charge in [0.1, 0.15) is 6.17 Å². The number of nitrogens with one attached hydrogen (secondary N) is 1. The molecule has 108 valence electrons. The van der Waals surface area contributed by atoms with E-state index in [1.807, 2.05) is 30.0 Å². The lowest BCUT2D eigenvalue weighted by atomic mass is 10.0. The lowest BCUT2D eigenvalue weighted by molar-refractivity contribution is -0.130. The van der Waals surface area contributed by atoms with Crippen molar-refractivity contribution >= 4 is 5.91 Å². The molecule has 1 amide bonds. The molecule has 2 aliphatic heterocycles. The van der Waals surface area contributed by atoms with Crippen LogP contribution in [0.2, 0.25) is 0 Å². The molecule has 3 unspecified atom stereocenters. The van der Waals surface area contributed by atoms with E-state index in [9.17, 15) is 4.79 Å². The summed E-state index contributed by atoms with van der Waals surface area (Å²) in [6.45, 7) is 4.47. The van der Waals surface area contributed by atoms with Crippen LogP contribution in [0.15, 0.2) is 30.3 Å². The summed E-state index contributed by atoms with van der Waals surface area (Å²) in [6, 6.07) is 10.1. The first-order valence-electron chi connectivity index (χ1n) is 7.45. The number of carbonyl (C=O) groups is 1. The Morgan fingerprint density at radius 1 is 1.35 bits per heavy atom. The Balaban J connectivity index is 1.69. The molecular formula is C16H22N2O2. The minimum absolute atomic E-state index is 0.0148. The number of benzene rings is 1. The van der Waals surface area contributed by atoms with Crippen molar-refractivity contribution in [1.82, 2.24) is 10.2 Å². The minimum Gasteiger partial charge on any atom is -0.381 e. The molecule has 0 aromatic heterocycles. The van der Waals surface area contributed by atoms with Gasteiger partial charge in [0, 0.05) is 19.8 Å². The van der Waals surface area contributed by atoms with Gasteiger partial charge >= 0.3 is 0 Å². The zero-order chi connectivity index (χ0) is 13.9. The minimum atomic E-state index is -0.0972. The molecule has 2 saturated heterocycles. The van der Waals surface area contributed by atoms with Gasteiger partial charge in [0.15, 0.2) is 0 Å². The van der Waals surface area contributed by atoms with Gasteiger partial charge in [-0.3, -0.25) is 10.1 Å². The first-order chi connectivity index (χ1) is 9.75. The highest BCUT2D eigenvalue weighted by atomic mass is 16.5. The molecule has 2 fully saturated rings. The standard InChI is InChI=1S/C16H22N2O2/c1-12-16(19)18(9-7-13-8-10-20-11-13)15(17-12)14-5-3-2-4-6-14/h2-6,12-13,15,17H,7-11H2,1H3. The third kappa shape index (κ3) is 2.72. The van der Waals surface area contributed by atoms with Gasteiger partial charge in [-0.15, -0.1) is 0 Å². The maximum atomic E-state index is 12.3. The van der Waals surface area contributed by atoms with E-state index in [0.717, 1.165) is 38.2 Å². The van der Waals surface area contributed by atoms with E-state index in [2.05, 4.69) is 17.4 Å². The van der Waals surface area contributed by atoms with E-state index in [-0.39, 0.29) is 18.1 Å². The van der Waals surface area contributed by atoms with Crippen LogP contribution in [0.1, 0.15) is 31.5 Å². The number of amides is 1. The zero-order valence-corrected chi connectivity index (χ0v) is 11.9. The van der Waals surface area contributed by atoms with E-state index in [4.69, 9.17) is 4.74 Å². The fraction of sp³-hybridized carbons (Fsp3) is 0.562. The second kappa shape index (κ2) is 5.94. The Kier molecular flexibility index (Phi) is 4.03. The summed E-state index contributed by atoms with van der Waals surface area (Å²) in [4.78, 5) is 14.3. The lowest BCUT2D eigenvalue weighted by Gasteiger charge is -2.25. The SMILES string of the molecule is CC1NC(c2ccccc2)N(CCC2CCOC2)C1=O. The predicted octanol–water partition coefficient (Wildman–Crippen LogP) is 1.93. The molecular weight excluding hydrogens is 252 g/mol. The van der Waals surface area contributed by atoms with Gasteiger partial charge < -0.3 is 9.64 Å². The molecule has 2 heterocycles. The molecule has 3 atom stereocenters. The topological polar surface area (TPSA) is 41.6 Å². The molecule has 0 aliphatic carbocycles. The third-order valence-corrected chi connectivity index (χ3v) is 4.29. The first-order valence-corrected chi connectivity index (χ1v) is 7.45. The molecule has 0 radical (unpaired) electrons. The Morgan fingerprint density at radius 3 is 2.85 bits per heavy atom. The van der Waals surface area contributed by atoms with Crippen LogP contribution >= 0.6 is 0 Å². The number of hydrogen-bond donors (Lipinski definition) is 1. The lowest BCUT2D eigenvalue weighted by Crippen LogP contribution is -2.32. The predicted molar refractivity (Wildman–Crippen MR) is 77.0 cm³/mol. The molecule has 2 aliphatic rings. The molecule has 1 aromatic rings. The molecule has 1 aromatic carbocycles. The molecule has 4 nitrogen and oxygen atoms in total. The van der Waals surface area contributed by atoms with E-state index < -0.39 is 0 Å². The molecule has 0 spiro atoms. The second-order valence-corrected chi connectivity index (χ2v) is 5.75. The summed E-state index contributed by atoms with van der Waals surface area (Å²) < 4.78 is 5.41. The summed E-state index contributed by atoms with van der Waals surface area (Å²) in [7, 11) is 0. The van der Waals surface area contributed by atoms with Crippen molar-refractivity contribution in [2.24, 2.45) is 5.92 Å². The Bertz CT molecular complexity index is 457. The molecule has 0 bridgehead atoms. The smallest absolute Gasteiger partial charge is 0.241 e. The average Bonchev–Trinajstić information content (AvgIpc) is 3.08. The van der Waals surface area contributed by atoms with Gasteiger partial charge in [-0.25, -0.2) is 0 Å². The van der Waals surface area contributed by atoms with E-state index in [1.54, 1.807) is 0 Å². The number of rotatable bonds is 4. The average molecular weight is 274 g/mol. The maximum Gasteiger partial charge on any atom is 0.241 e. The Labute approximate surface area is 120 Å². The van der Waals surface area contributed by atoms with Crippen LogP contribution in [0.4, 0.5) is 0 Å².